The van der Waals surface area contributed by atoms with Gasteiger partial charge < -0.3 is 25.6 Å². The van der Waals surface area contributed by atoms with Gasteiger partial charge in [0.2, 0.25) is 17.7 Å². The fourth-order valence-electron chi connectivity index (χ4n) is 7.13. The van der Waals surface area contributed by atoms with Gasteiger partial charge in [-0.2, -0.15) is 0 Å². The third kappa shape index (κ3) is 6.00. The molecule has 0 saturated carbocycles. The van der Waals surface area contributed by atoms with Crippen molar-refractivity contribution in [3.63, 3.8) is 0 Å². The van der Waals surface area contributed by atoms with Crippen molar-refractivity contribution in [1.82, 2.24) is 20.1 Å². The number of carbonyl (C=O) groups is 4. The Bertz CT molecular complexity index is 1630. The fraction of sp³-hybridized carbons (Fsp3) is 0.400. The Morgan fingerprint density at radius 1 is 1.04 bits per heavy atom. The maximum absolute atomic E-state index is 14.2. The summed E-state index contributed by atoms with van der Waals surface area (Å²) in [5.74, 6) is 0.236. The number of amides is 3. The second-order valence-corrected chi connectivity index (χ2v) is 12.8. The lowest BCUT2D eigenvalue weighted by Gasteiger charge is -2.40. The van der Waals surface area contributed by atoms with Gasteiger partial charge in [0.25, 0.3) is 0 Å². The molecule has 10 nitrogen and oxygen atoms in total. The smallest absolute Gasteiger partial charge is 0.244 e. The minimum absolute atomic E-state index is 0.0452. The second kappa shape index (κ2) is 12.5. The fourth-order valence-corrected chi connectivity index (χ4v) is 7.13. The number of anilines is 2. The lowest BCUT2D eigenvalue weighted by Crippen LogP contribution is -2.50. The van der Waals surface area contributed by atoms with Crippen LogP contribution in [0.4, 0.5) is 11.5 Å². The van der Waals surface area contributed by atoms with Gasteiger partial charge in [-0.25, -0.2) is 4.98 Å². The van der Waals surface area contributed by atoms with Crippen molar-refractivity contribution in [2.75, 3.05) is 43.9 Å². The Morgan fingerprint density at radius 3 is 2.56 bits per heavy atom. The number of rotatable bonds is 10. The average Bonchev–Trinajstić information content (AvgIpc) is 3.55. The van der Waals surface area contributed by atoms with E-state index >= 15 is 0 Å². The molecule has 2 aromatic carbocycles. The van der Waals surface area contributed by atoms with Crippen molar-refractivity contribution >= 4 is 35.5 Å². The van der Waals surface area contributed by atoms with E-state index in [-0.39, 0.29) is 24.3 Å². The molecule has 3 N–H and O–H groups in total. The van der Waals surface area contributed by atoms with Gasteiger partial charge in [0, 0.05) is 36.0 Å². The summed E-state index contributed by atoms with van der Waals surface area (Å²) >= 11 is 0. The van der Waals surface area contributed by atoms with Crippen molar-refractivity contribution in [2.24, 2.45) is 5.41 Å². The number of likely N-dealkylation sites (tertiary alicyclic amines) is 1. The van der Waals surface area contributed by atoms with Crippen molar-refractivity contribution in [3.05, 3.63) is 88.6 Å². The molecule has 0 radical (unpaired) electrons. The van der Waals surface area contributed by atoms with Crippen LogP contribution < -0.4 is 16.0 Å². The van der Waals surface area contributed by atoms with Crippen LogP contribution in [0.1, 0.15) is 47.6 Å². The Morgan fingerprint density at radius 2 is 1.80 bits per heavy atom. The second-order valence-electron chi connectivity index (χ2n) is 12.8. The first-order valence-electron chi connectivity index (χ1n) is 15.6. The Labute approximate surface area is 263 Å². The van der Waals surface area contributed by atoms with Gasteiger partial charge in [-0.1, -0.05) is 43.3 Å². The molecular weight excluding hydrogens is 568 g/mol. The summed E-state index contributed by atoms with van der Waals surface area (Å²) in [6, 6.07) is 17.6. The molecule has 1 spiro atoms. The standard InChI is InChI=1S/C35H40N6O4/c1-34(11-14-40(15-12-34)16-17-42)33(45)41(22-26-7-4-3-6-25(26)21-36-2)23-30(43)38-28-10-9-24-19-35(20-27(24)18-28)29-8-5-13-37-31(29)39-32(35)44/h3-10,13,17-18,36H,11-12,14-16,19-23H2,1-2H3,(H,38,43)(H,37,39,44)/t35-/m1/s1. The van der Waals surface area contributed by atoms with Gasteiger partial charge in [0.1, 0.15) is 18.6 Å². The predicted octanol–water partition coefficient (Wildman–Crippen LogP) is 3.06. The number of aldehydes is 1. The van der Waals surface area contributed by atoms with Gasteiger partial charge in [-0.05, 0) is 86.3 Å². The molecule has 1 fully saturated rings. The molecule has 1 aliphatic carbocycles. The number of fused-ring (bicyclic) bond motifs is 3. The number of carbonyl (C=O) groups excluding carboxylic acids is 4. The van der Waals surface area contributed by atoms with E-state index < -0.39 is 10.8 Å². The van der Waals surface area contributed by atoms with Crippen molar-refractivity contribution in [2.45, 2.75) is 51.1 Å². The van der Waals surface area contributed by atoms with E-state index in [2.05, 4.69) is 25.8 Å². The van der Waals surface area contributed by atoms with Gasteiger partial charge in [0.15, 0.2) is 0 Å². The number of nitrogens with zero attached hydrogens (tertiary/aromatic N) is 3. The Balaban J connectivity index is 1.19. The summed E-state index contributed by atoms with van der Waals surface area (Å²) < 4.78 is 0. The first kappa shape index (κ1) is 30.6. The highest BCUT2D eigenvalue weighted by Crippen LogP contribution is 2.47. The highest BCUT2D eigenvalue weighted by atomic mass is 16.2. The van der Waals surface area contributed by atoms with Crippen LogP contribution in [0.5, 0.6) is 0 Å². The molecule has 0 bridgehead atoms. The maximum atomic E-state index is 14.2. The lowest BCUT2D eigenvalue weighted by atomic mass is 9.79. The van der Waals surface area contributed by atoms with Crippen LogP contribution in [-0.4, -0.2) is 72.0 Å². The summed E-state index contributed by atoms with van der Waals surface area (Å²) in [6.45, 7) is 4.53. The number of nitrogens with one attached hydrogen (secondary N) is 3. The van der Waals surface area contributed by atoms with Gasteiger partial charge >= 0.3 is 0 Å². The van der Waals surface area contributed by atoms with E-state index in [1.807, 2.05) is 68.6 Å². The minimum atomic E-state index is -0.685. The molecule has 3 heterocycles. The van der Waals surface area contributed by atoms with Crippen LogP contribution in [0.15, 0.2) is 60.8 Å². The molecule has 6 rings (SSSR count). The normalized spacial score (nSPS) is 19.9. The average molecular weight is 609 g/mol. The molecule has 234 valence electrons. The van der Waals surface area contributed by atoms with Crippen molar-refractivity contribution < 1.29 is 19.2 Å². The summed E-state index contributed by atoms with van der Waals surface area (Å²) in [5, 5.41) is 9.15. The summed E-state index contributed by atoms with van der Waals surface area (Å²) in [5.41, 5.74) is 4.38. The van der Waals surface area contributed by atoms with Crippen LogP contribution in [0.2, 0.25) is 0 Å². The number of hydrogen-bond acceptors (Lipinski definition) is 7. The summed E-state index contributed by atoms with van der Waals surface area (Å²) in [4.78, 5) is 60.0. The van der Waals surface area contributed by atoms with Gasteiger partial charge in [0.05, 0.1) is 12.0 Å². The first-order valence-corrected chi connectivity index (χ1v) is 15.6. The van der Waals surface area contributed by atoms with Crippen LogP contribution >= 0.6 is 0 Å². The molecule has 45 heavy (non-hydrogen) atoms. The van der Waals surface area contributed by atoms with Crippen molar-refractivity contribution in [1.29, 1.82) is 0 Å². The van der Waals surface area contributed by atoms with Gasteiger partial charge in [-0.3, -0.25) is 19.3 Å². The van der Waals surface area contributed by atoms with E-state index in [0.29, 0.717) is 69.9 Å². The molecule has 1 aromatic heterocycles. The molecule has 1 saturated heterocycles. The van der Waals surface area contributed by atoms with Crippen LogP contribution in [-0.2, 0) is 50.5 Å². The summed E-state index contributed by atoms with van der Waals surface area (Å²) in [7, 11) is 1.88. The van der Waals surface area contributed by atoms with E-state index in [1.54, 1.807) is 11.1 Å². The third-order valence-corrected chi connectivity index (χ3v) is 9.74. The maximum Gasteiger partial charge on any atom is 0.244 e. The van der Waals surface area contributed by atoms with E-state index in [1.165, 1.54) is 0 Å². The van der Waals surface area contributed by atoms with E-state index in [4.69, 9.17) is 0 Å². The number of hydrogen-bond donors (Lipinski definition) is 3. The number of pyridine rings is 1. The molecule has 3 amide bonds. The summed E-state index contributed by atoms with van der Waals surface area (Å²) in [6.07, 6.45) is 4.93. The monoisotopic (exact) mass is 608 g/mol. The highest BCUT2D eigenvalue weighted by molar-refractivity contribution is 6.06. The molecule has 2 aliphatic heterocycles. The van der Waals surface area contributed by atoms with Crippen molar-refractivity contribution in [3.8, 4) is 0 Å². The topological polar surface area (TPSA) is 124 Å². The van der Waals surface area contributed by atoms with E-state index in [0.717, 1.165) is 34.1 Å². The quantitative estimate of drug-likeness (QED) is 0.303. The SMILES string of the molecule is CNCc1ccccc1CN(CC(=O)Nc1ccc2c(c1)C[C@@]1(C2)C(=O)Nc2ncccc21)C(=O)C1(C)CCN(CC=O)CC1. The third-order valence-electron chi connectivity index (χ3n) is 9.74. The molecule has 1 atom stereocenters. The van der Waals surface area contributed by atoms with Crippen LogP contribution in [0, 0.1) is 5.41 Å². The largest absolute Gasteiger partial charge is 0.329 e. The lowest BCUT2D eigenvalue weighted by molar-refractivity contribution is -0.146. The zero-order valence-electron chi connectivity index (χ0n) is 25.9. The van der Waals surface area contributed by atoms with E-state index in [9.17, 15) is 19.2 Å². The predicted molar refractivity (Wildman–Crippen MR) is 171 cm³/mol. The Kier molecular flexibility index (Phi) is 8.52. The number of aromatic nitrogens is 1. The molecule has 3 aromatic rings. The Hall–Kier alpha value is -4.41. The highest BCUT2D eigenvalue weighted by Gasteiger charge is 2.51. The molecule has 10 heteroatoms. The zero-order valence-corrected chi connectivity index (χ0v) is 25.9. The number of benzene rings is 2. The van der Waals surface area contributed by atoms with Gasteiger partial charge in [-0.15, -0.1) is 0 Å². The molecule has 3 aliphatic rings. The zero-order chi connectivity index (χ0) is 31.6. The minimum Gasteiger partial charge on any atom is -0.329 e. The number of piperidine rings is 1. The molecule has 0 unspecified atom stereocenters. The molecular formula is C35H40N6O4. The van der Waals surface area contributed by atoms with Crippen LogP contribution in [0.25, 0.3) is 0 Å². The first-order chi connectivity index (χ1) is 21.7. The van der Waals surface area contributed by atoms with Crippen LogP contribution in [0.3, 0.4) is 0 Å².